The van der Waals surface area contributed by atoms with Crippen LogP contribution in [-0.4, -0.2) is 67.2 Å². The first kappa shape index (κ1) is 14.7. The minimum Gasteiger partial charge on any atom is -0.481 e. The van der Waals surface area contributed by atoms with E-state index < -0.39 is 5.97 Å². The van der Waals surface area contributed by atoms with Gasteiger partial charge in [-0.3, -0.25) is 4.79 Å². The molecule has 0 saturated carbocycles. The van der Waals surface area contributed by atoms with Gasteiger partial charge in [-0.25, -0.2) is 4.79 Å². The Morgan fingerprint density at radius 3 is 2.38 bits per heavy atom. The van der Waals surface area contributed by atoms with Crippen LogP contribution in [0.5, 0.6) is 0 Å². The van der Waals surface area contributed by atoms with Gasteiger partial charge >= 0.3 is 12.0 Å². The molecule has 0 atom stereocenters. The van der Waals surface area contributed by atoms with Crippen LogP contribution in [0.15, 0.2) is 0 Å². The Morgan fingerprint density at radius 1 is 1.31 bits per heavy atom. The van der Waals surface area contributed by atoms with Crippen LogP contribution < -0.4 is 5.32 Å². The molecule has 0 rings (SSSR count). The van der Waals surface area contributed by atoms with Gasteiger partial charge in [-0.15, -0.1) is 0 Å². The fourth-order valence-corrected chi connectivity index (χ4v) is 1.24. The lowest BCUT2D eigenvalue weighted by Crippen LogP contribution is -2.44. The number of aliphatic carboxylic acids is 1. The van der Waals surface area contributed by atoms with Crippen LogP contribution in [0.2, 0.25) is 0 Å². The molecule has 0 unspecified atom stereocenters. The molecule has 16 heavy (non-hydrogen) atoms. The molecule has 0 heterocycles. The van der Waals surface area contributed by atoms with Gasteiger partial charge in [-0.05, 0) is 14.0 Å². The lowest BCUT2D eigenvalue weighted by molar-refractivity contribution is -0.137. The Labute approximate surface area is 96.2 Å². The average Bonchev–Trinajstić information content (AvgIpc) is 2.25. The molecule has 6 nitrogen and oxygen atoms in total. The zero-order chi connectivity index (χ0) is 12.6. The van der Waals surface area contributed by atoms with Crippen molar-refractivity contribution in [2.24, 2.45) is 0 Å². The zero-order valence-electron chi connectivity index (χ0n) is 10.2. The van der Waals surface area contributed by atoms with E-state index in [0.29, 0.717) is 13.1 Å². The van der Waals surface area contributed by atoms with Crippen molar-refractivity contribution in [3.05, 3.63) is 0 Å². The van der Waals surface area contributed by atoms with Crippen molar-refractivity contribution in [3.8, 4) is 0 Å². The van der Waals surface area contributed by atoms with Crippen LogP contribution in [0.4, 0.5) is 4.79 Å². The SMILES string of the molecule is CCN(CCC(=O)O)C(=O)N(C)CCNC. The summed E-state index contributed by atoms with van der Waals surface area (Å²) in [5, 5.41) is 11.5. The number of nitrogens with one attached hydrogen (secondary N) is 1. The summed E-state index contributed by atoms with van der Waals surface area (Å²) in [7, 11) is 3.53. The van der Waals surface area contributed by atoms with Gasteiger partial charge in [0.2, 0.25) is 0 Å². The quantitative estimate of drug-likeness (QED) is 0.649. The molecule has 0 aliphatic carbocycles. The standard InChI is InChI=1S/C10H21N3O3/c1-4-13(7-5-9(14)15)10(16)12(3)8-6-11-2/h11H,4-8H2,1-3H3,(H,14,15). The molecule has 0 aromatic carbocycles. The van der Waals surface area contributed by atoms with Gasteiger partial charge in [0.05, 0.1) is 6.42 Å². The topological polar surface area (TPSA) is 72.9 Å². The smallest absolute Gasteiger partial charge is 0.319 e. The summed E-state index contributed by atoms with van der Waals surface area (Å²) in [5.41, 5.74) is 0. The molecule has 0 aromatic rings. The van der Waals surface area contributed by atoms with Crippen LogP contribution in [-0.2, 0) is 4.79 Å². The normalized spacial score (nSPS) is 9.94. The van der Waals surface area contributed by atoms with E-state index in [1.165, 1.54) is 4.90 Å². The van der Waals surface area contributed by atoms with Gasteiger partial charge in [0.25, 0.3) is 0 Å². The third-order valence-electron chi connectivity index (χ3n) is 2.27. The molecule has 0 bridgehead atoms. The molecule has 0 spiro atoms. The van der Waals surface area contributed by atoms with Crippen LogP contribution in [0.1, 0.15) is 13.3 Å². The summed E-state index contributed by atoms with van der Waals surface area (Å²) >= 11 is 0. The minimum atomic E-state index is -0.885. The Kier molecular flexibility index (Phi) is 7.28. The monoisotopic (exact) mass is 231 g/mol. The molecule has 2 N–H and O–H groups in total. The molecule has 94 valence electrons. The van der Waals surface area contributed by atoms with Crippen LogP contribution in [0.3, 0.4) is 0 Å². The molecular formula is C10H21N3O3. The van der Waals surface area contributed by atoms with Gasteiger partial charge < -0.3 is 20.2 Å². The molecular weight excluding hydrogens is 210 g/mol. The fourth-order valence-electron chi connectivity index (χ4n) is 1.24. The number of carbonyl (C=O) groups is 2. The maximum atomic E-state index is 11.8. The van der Waals surface area contributed by atoms with Crippen molar-refractivity contribution in [2.45, 2.75) is 13.3 Å². The van der Waals surface area contributed by atoms with E-state index in [9.17, 15) is 9.59 Å². The number of rotatable bonds is 7. The minimum absolute atomic E-state index is 0.0144. The summed E-state index contributed by atoms with van der Waals surface area (Å²) in [6.45, 7) is 3.95. The summed E-state index contributed by atoms with van der Waals surface area (Å²) in [6.07, 6.45) is -0.0144. The number of carbonyl (C=O) groups excluding carboxylic acids is 1. The van der Waals surface area contributed by atoms with Crippen molar-refractivity contribution >= 4 is 12.0 Å². The second-order valence-electron chi connectivity index (χ2n) is 3.53. The molecule has 0 aromatic heterocycles. The number of nitrogens with zero attached hydrogens (tertiary/aromatic N) is 2. The van der Waals surface area contributed by atoms with Gasteiger partial charge in [0.15, 0.2) is 0 Å². The highest BCUT2D eigenvalue weighted by molar-refractivity contribution is 5.75. The number of carboxylic acid groups (broad SMARTS) is 1. The van der Waals surface area contributed by atoms with Gasteiger partial charge in [0.1, 0.15) is 0 Å². The number of hydrogen-bond acceptors (Lipinski definition) is 3. The second-order valence-corrected chi connectivity index (χ2v) is 3.53. The summed E-state index contributed by atoms with van der Waals surface area (Å²) in [6, 6.07) is -0.126. The van der Waals surface area contributed by atoms with E-state index in [1.807, 2.05) is 14.0 Å². The highest BCUT2D eigenvalue weighted by atomic mass is 16.4. The third-order valence-corrected chi connectivity index (χ3v) is 2.27. The average molecular weight is 231 g/mol. The predicted molar refractivity (Wildman–Crippen MR) is 61.5 cm³/mol. The maximum absolute atomic E-state index is 11.8. The van der Waals surface area contributed by atoms with E-state index in [4.69, 9.17) is 5.11 Å². The fraction of sp³-hybridized carbons (Fsp3) is 0.800. The Bertz CT molecular complexity index is 233. The van der Waals surface area contributed by atoms with Crippen molar-refractivity contribution in [3.63, 3.8) is 0 Å². The summed E-state index contributed by atoms with van der Waals surface area (Å²) < 4.78 is 0. The summed E-state index contributed by atoms with van der Waals surface area (Å²) in [5.74, 6) is -0.885. The molecule has 6 heteroatoms. The highest BCUT2D eigenvalue weighted by Gasteiger charge is 2.16. The summed E-state index contributed by atoms with van der Waals surface area (Å²) in [4.78, 5) is 25.4. The molecule has 2 amide bonds. The van der Waals surface area contributed by atoms with Crippen LogP contribution in [0.25, 0.3) is 0 Å². The van der Waals surface area contributed by atoms with E-state index in [-0.39, 0.29) is 19.0 Å². The first-order valence-corrected chi connectivity index (χ1v) is 5.39. The third kappa shape index (κ3) is 5.55. The lowest BCUT2D eigenvalue weighted by atomic mass is 10.4. The van der Waals surface area contributed by atoms with Gasteiger partial charge in [0, 0.05) is 33.2 Å². The zero-order valence-corrected chi connectivity index (χ0v) is 10.2. The molecule has 0 saturated heterocycles. The van der Waals surface area contributed by atoms with Crippen molar-refractivity contribution in [2.75, 3.05) is 40.3 Å². The first-order valence-electron chi connectivity index (χ1n) is 5.39. The van der Waals surface area contributed by atoms with E-state index in [1.54, 1.807) is 11.9 Å². The number of hydrogen-bond donors (Lipinski definition) is 2. The predicted octanol–water partition coefficient (Wildman–Crippen LogP) is 0.0542. The van der Waals surface area contributed by atoms with E-state index >= 15 is 0 Å². The Balaban J connectivity index is 4.12. The maximum Gasteiger partial charge on any atom is 0.319 e. The van der Waals surface area contributed by atoms with Crippen LogP contribution in [0, 0.1) is 0 Å². The van der Waals surface area contributed by atoms with E-state index in [2.05, 4.69) is 5.32 Å². The Morgan fingerprint density at radius 2 is 1.94 bits per heavy atom. The number of amides is 2. The van der Waals surface area contributed by atoms with Gasteiger partial charge in [-0.1, -0.05) is 0 Å². The van der Waals surface area contributed by atoms with E-state index in [0.717, 1.165) is 6.54 Å². The largest absolute Gasteiger partial charge is 0.481 e. The lowest BCUT2D eigenvalue weighted by Gasteiger charge is -2.26. The van der Waals surface area contributed by atoms with Crippen molar-refractivity contribution in [1.82, 2.24) is 15.1 Å². The second kappa shape index (κ2) is 7.92. The first-order chi connectivity index (χ1) is 7.52. The highest BCUT2D eigenvalue weighted by Crippen LogP contribution is 1.98. The molecule has 0 fully saturated rings. The number of likely N-dealkylation sites (N-methyl/N-ethyl adjacent to an activating group) is 2. The van der Waals surface area contributed by atoms with Crippen molar-refractivity contribution < 1.29 is 14.7 Å². The molecule has 0 aliphatic heterocycles. The number of carboxylic acids is 1. The van der Waals surface area contributed by atoms with Crippen molar-refractivity contribution in [1.29, 1.82) is 0 Å². The van der Waals surface area contributed by atoms with Gasteiger partial charge in [-0.2, -0.15) is 0 Å². The Hall–Kier alpha value is -1.30. The number of urea groups is 1. The van der Waals surface area contributed by atoms with Crippen LogP contribution >= 0.6 is 0 Å². The molecule has 0 radical (unpaired) electrons. The molecule has 0 aliphatic rings.